The maximum absolute atomic E-state index is 2.42. The largest absolute Gasteiger partial charge is 0.452 e. The molecule has 6 aromatic carbocycles. The molecule has 1 aliphatic carbocycles. The Morgan fingerprint density at radius 1 is 0.500 bits per heavy atom. The van der Waals surface area contributed by atoms with Gasteiger partial charge in [0.1, 0.15) is 11.0 Å². The minimum Gasteiger partial charge on any atom is -0.104 e. The third kappa shape index (κ3) is 3.97. The van der Waals surface area contributed by atoms with Crippen molar-refractivity contribution in [3.05, 3.63) is 176 Å². The molecule has 0 bridgehead atoms. The number of para-hydroxylation sites is 2. The van der Waals surface area contributed by atoms with Crippen LogP contribution < -0.4 is 13.8 Å². The first-order valence-electron chi connectivity index (χ1n) is 15.9. The second-order valence-electron chi connectivity index (χ2n) is 12.7. The second-order valence-corrected chi connectivity index (χ2v) is 12.7. The van der Waals surface area contributed by atoms with Crippen molar-refractivity contribution >= 4 is 21.8 Å². The van der Waals surface area contributed by atoms with Gasteiger partial charge in [-0.3, -0.25) is 0 Å². The van der Waals surface area contributed by atoms with Gasteiger partial charge in [-0.05, 0) is 43.0 Å². The molecule has 8 aromatic rings. The molecule has 0 saturated heterocycles. The molecule has 4 heteroatoms. The quantitative estimate of drug-likeness (QED) is 0.184. The zero-order chi connectivity index (χ0) is 30.8. The molecular weight excluding hydrogens is 560 g/mol. The van der Waals surface area contributed by atoms with Crippen LogP contribution in [0.4, 0.5) is 0 Å². The Bertz CT molecular complexity index is 2370. The maximum Gasteiger partial charge on any atom is 0.452 e. The van der Waals surface area contributed by atoms with E-state index in [4.69, 9.17) is 0 Å². The molecule has 2 aromatic heterocycles. The monoisotopic (exact) mass is 593 g/mol. The highest BCUT2D eigenvalue weighted by atomic mass is 15.5. The lowest BCUT2D eigenvalue weighted by atomic mass is 9.82. The summed E-state index contributed by atoms with van der Waals surface area (Å²) in [6, 6.07) is 52.3. The van der Waals surface area contributed by atoms with E-state index in [-0.39, 0.29) is 5.41 Å². The fourth-order valence-corrected chi connectivity index (χ4v) is 7.37. The Morgan fingerprint density at radius 3 is 1.76 bits per heavy atom. The second kappa shape index (κ2) is 10.1. The van der Waals surface area contributed by atoms with Gasteiger partial charge >= 0.3 is 19.0 Å². The van der Waals surface area contributed by atoms with Crippen molar-refractivity contribution in [2.24, 2.45) is 0 Å². The lowest BCUT2D eigenvalue weighted by Crippen LogP contribution is -2.58. The van der Waals surface area contributed by atoms with Crippen LogP contribution in [0.15, 0.2) is 165 Å². The van der Waals surface area contributed by atoms with Crippen LogP contribution in [0.5, 0.6) is 0 Å². The molecule has 0 radical (unpaired) electrons. The van der Waals surface area contributed by atoms with Crippen LogP contribution in [0.1, 0.15) is 25.0 Å². The Balaban J connectivity index is 1.44. The van der Waals surface area contributed by atoms with Gasteiger partial charge in [-0.25, -0.2) is 0 Å². The number of fused-ring (bicyclic) bond motifs is 7. The van der Waals surface area contributed by atoms with Crippen LogP contribution in [-0.2, 0) is 5.41 Å². The first-order valence-corrected chi connectivity index (χ1v) is 15.9. The molecule has 1 aliphatic rings. The number of hydrogen-bond acceptors (Lipinski definition) is 0. The molecule has 218 valence electrons. The molecule has 0 saturated carbocycles. The molecule has 4 nitrogen and oxygen atoms in total. The number of nitrogens with zero attached hydrogens (tertiary/aromatic N) is 4. The van der Waals surface area contributed by atoms with Gasteiger partial charge in [0.2, 0.25) is 11.4 Å². The number of hydrogen-bond donors (Lipinski definition) is 0. The Morgan fingerprint density at radius 2 is 1.09 bits per heavy atom. The van der Waals surface area contributed by atoms with Crippen LogP contribution in [0.25, 0.3) is 55.4 Å². The number of benzene rings is 6. The number of aromatic nitrogens is 4. The summed E-state index contributed by atoms with van der Waals surface area (Å²) in [5.74, 6) is 0. The average molecular weight is 594 g/mol. The molecule has 0 N–H and O–H groups in total. The van der Waals surface area contributed by atoms with E-state index in [2.05, 4.69) is 197 Å². The lowest BCUT2D eigenvalue weighted by Gasteiger charge is -2.21. The zero-order valence-corrected chi connectivity index (χ0v) is 25.9. The predicted molar refractivity (Wildman–Crippen MR) is 183 cm³/mol. The van der Waals surface area contributed by atoms with E-state index in [1.165, 1.54) is 49.7 Å². The van der Waals surface area contributed by atoms with Gasteiger partial charge in [-0.1, -0.05) is 129 Å². The SMILES string of the molecule is CC1(C)c2ccccc2-c2c1ccc1c3ccc(-c4ccccc4)cc3n(-[n+]3c[n+](-c4ccccc4)c[n+](-c4ccccc4)c3)c21. The Labute approximate surface area is 268 Å². The fourth-order valence-electron chi connectivity index (χ4n) is 7.37. The fraction of sp³-hybridized carbons (Fsp3) is 0.0714. The van der Waals surface area contributed by atoms with E-state index in [1.807, 2.05) is 0 Å². The molecule has 0 atom stereocenters. The molecule has 46 heavy (non-hydrogen) atoms. The van der Waals surface area contributed by atoms with Gasteiger partial charge in [-0.2, -0.15) is 0 Å². The summed E-state index contributed by atoms with van der Waals surface area (Å²) >= 11 is 0. The summed E-state index contributed by atoms with van der Waals surface area (Å²) in [5, 5.41) is 2.48. The van der Waals surface area contributed by atoms with Gasteiger partial charge in [-0.15, -0.1) is 4.68 Å². The van der Waals surface area contributed by atoms with Gasteiger partial charge in [0.15, 0.2) is 0 Å². The molecule has 0 unspecified atom stereocenters. The van der Waals surface area contributed by atoms with Crippen LogP contribution >= 0.6 is 0 Å². The van der Waals surface area contributed by atoms with Crippen LogP contribution in [-0.4, -0.2) is 4.68 Å². The van der Waals surface area contributed by atoms with Crippen molar-refractivity contribution in [1.82, 2.24) is 4.68 Å². The van der Waals surface area contributed by atoms with E-state index in [9.17, 15) is 0 Å². The summed E-state index contributed by atoms with van der Waals surface area (Å²) in [6.07, 6.45) is 6.52. The third-order valence-electron chi connectivity index (χ3n) is 9.63. The minimum absolute atomic E-state index is 0.105. The number of rotatable bonds is 4. The highest BCUT2D eigenvalue weighted by Gasteiger charge is 2.39. The third-order valence-corrected chi connectivity index (χ3v) is 9.63. The van der Waals surface area contributed by atoms with Crippen molar-refractivity contribution in [3.8, 4) is 33.6 Å². The van der Waals surface area contributed by atoms with Crippen molar-refractivity contribution in [3.63, 3.8) is 0 Å². The van der Waals surface area contributed by atoms with Crippen molar-refractivity contribution < 1.29 is 13.8 Å². The average Bonchev–Trinajstić information content (AvgIpc) is 3.57. The highest BCUT2D eigenvalue weighted by molar-refractivity contribution is 6.14. The highest BCUT2D eigenvalue weighted by Crippen LogP contribution is 2.52. The molecule has 0 amide bonds. The van der Waals surface area contributed by atoms with Gasteiger partial charge in [0, 0.05) is 50.7 Å². The van der Waals surface area contributed by atoms with Gasteiger partial charge < -0.3 is 0 Å². The minimum atomic E-state index is -0.105. The summed E-state index contributed by atoms with van der Waals surface area (Å²) in [7, 11) is 0. The van der Waals surface area contributed by atoms with Gasteiger partial charge in [0.25, 0.3) is 0 Å². The summed E-state index contributed by atoms with van der Waals surface area (Å²) < 4.78 is 9.08. The summed E-state index contributed by atoms with van der Waals surface area (Å²) in [4.78, 5) is 0. The van der Waals surface area contributed by atoms with Crippen molar-refractivity contribution in [1.29, 1.82) is 0 Å². The first-order chi connectivity index (χ1) is 22.6. The Hall–Kier alpha value is -5.87. The first kappa shape index (κ1) is 26.5. The van der Waals surface area contributed by atoms with E-state index in [1.54, 1.807) is 0 Å². The molecular formula is C42H33N4+3. The van der Waals surface area contributed by atoms with Crippen LogP contribution in [0.2, 0.25) is 0 Å². The summed E-state index contributed by atoms with van der Waals surface area (Å²) in [6.45, 7) is 4.71. The van der Waals surface area contributed by atoms with E-state index in [0.29, 0.717) is 0 Å². The van der Waals surface area contributed by atoms with Gasteiger partial charge in [0.05, 0.1) is 0 Å². The molecule has 9 rings (SSSR count). The van der Waals surface area contributed by atoms with E-state index >= 15 is 0 Å². The lowest BCUT2D eigenvalue weighted by molar-refractivity contribution is -0.901. The van der Waals surface area contributed by atoms with Crippen LogP contribution in [0.3, 0.4) is 0 Å². The van der Waals surface area contributed by atoms with Crippen molar-refractivity contribution in [2.75, 3.05) is 0 Å². The maximum atomic E-state index is 2.42. The topological polar surface area (TPSA) is 16.6 Å². The Kier molecular flexibility index (Phi) is 5.81. The predicted octanol–water partition coefficient (Wildman–Crippen LogP) is 7.92. The smallest absolute Gasteiger partial charge is 0.104 e. The molecule has 2 heterocycles. The zero-order valence-electron chi connectivity index (χ0n) is 25.9. The molecule has 0 spiro atoms. The van der Waals surface area contributed by atoms with Crippen molar-refractivity contribution in [2.45, 2.75) is 19.3 Å². The summed E-state index contributed by atoms with van der Waals surface area (Å²) in [5.41, 5.74) is 12.2. The molecule has 0 fully saturated rings. The van der Waals surface area contributed by atoms with Crippen LogP contribution in [0, 0.1) is 0 Å². The van der Waals surface area contributed by atoms with E-state index in [0.717, 1.165) is 16.9 Å². The normalized spacial score (nSPS) is 13.2. The standard InChI is InChI=1S/C42H33N4/c1-42(2)37-21-13-12-20-36(37)40-38(42)25-24-35-34-23-22-31(30-14-6-3-7-15-30)26-39(34)46(41(35)40)45-28-43(32-16-8-4-9-17-32)27-44(29-45)33-18-10-5-11-19-33/h3-29H,1-2H3/q+3. The van der Waals surface area contributed by atoms with E-state index < -0.39 is 0 Å². The molecule has 0 aliphatic heterocycles.